The number of amides is 1. The molecule has 1 aromatic carbocycles. The second-order valence-corrected chi connectivity index (χ2v) is 11.0. The van der Waals surface area contributed by atoms with Gasteiger partial charge in [0.1, 0.15) is 0 Å². The van der Waals surface area contributed by atoms with E-state index in [-0.39, 0.29) is 30.1 Å². The van der Waals surface area contributed by atoms with Crippen molar-refractivity contribution in [2.24, 2.45) is 5.92 Å². The van der Waals surface area contributed by atoms with Gasteiger partial charge >= 0.3 is 0 Å². The molecule has 4 rings (SSSR count). The number of anilines is 1. The predicted octanol–water partition coefficient (Wildman–Crippen LogP) is 4.58. The summed E-state index contributed by atoms with van der Waals surface area (Å²) < 4.78 is 29.1. The van der Waals surface area contributed by atoms with E-state index in [4.69, 9.17) is 27.9 Å². The summed E-state index contributed by atoms with van der Waals surface area (Å²) in [5, 5.41) is 4.60. The van der Waals surface area contributed by atoms with Gasteiger partial charge in [-0.1, -0.05) is 29.3 Å². The molecule has 0 N–H and O–H groups in total. The molecule has 0 aliphatic carbocycles. The first-order chi connectivity index (χ1) is 14.3. The lowest BCUT2D eigenvalue weighted by Gasteiger charge is -2.24. The van der Waals surface area contributed by atoms with Gasteiger partial charge < -0.3 is 4.74 Å². The number of benzene rings is 1. The highest BCUT2D eigenvalue weighted by Gasteiger charge is 2.30. The molecule has 1 aromatic heterocycles. The molecule has 6 nitrogen and oxygen atoms in total. The van der Waals surface area contributed by atoms with Crippen LogP contribution in [0.15, 0.2) is 35.1 Å². The number of nitrogens with zero attached hydrogens (tertiary/aromatic N) is 2. The Morgan fingerprint density at radius 1 is 1.33 bits per heavy atom. The molecule has 160 valence electrons. The van der Waals surface area contributed by atoms with E-state index < -0.39 is 9.84 Å². The first-order valence-electron chi connectivity index (χ1n) is 9.54. The fourth-order valence-corrected chi connectivity index (χ4v) is 6.34. The lowest BCUT2D eigenvalue weighted by Crippen LogP contribution is -2.38. The number of allylic oxidation sites excluding steroid dienone is 1. The Bertz CT molecular complexity index is 1080. The highest BCUT2D eigenvalue weighted by molar-refractivity contribution is 7.94. The number of carbonyl (C=O) groups excluding carboxylic acids is 1. The Morgan fingerprint density at radius 2 is 2.17 bits per heavy atom. The topological polar surface area (TPSA) is 76.6 Å². The second-order valence-electron chi connectivity index (χ2n) is 7.40. The zero-order valence-electron chi connectivity index (χ0n) is 16.0. The molecule has 0 spiro atoms. The highest BCUT2D eigenvalue weighted by Crippen LogP contribution is 2.34. The molecule has 2 aliphatic heterocycles. The smallest absolute Gasteiger partial charge is 0.229 e. The quantitative estimate of drug-likeness (QED) is 0.597. The van der Waals surface area contributed by atoms with Crippen LogP contribution >= 0.6 is 34.5 Å². The number of hydrogen-bond donors (Lipinski definition) is 0. The van der Waals surface area contributed by atoms with Crippen molar-refractivity contribution in [3.63, 3.8) is 0 Å². The number of aromatic nitrogens is 1. The maximum atomic E-state index is 13.1. The molecule has 3 heterocycles. The lowest BCUT2D eigenvalue weighted by molar-refractivity contribution is -0.119. The lowest BCUT2D eigenvalue weighted by atomic mass is 10.1. The highest BCUT2D eigenvalue weighted by atomic mass is 35.5. The average Bonchev–Trinajstić information content (AvgIpc) is 3.41. The maximum Gasteiger partial charge on any atom is 0.229 e. The number of sulfone groups is 1. The van der Waals surface area contributed by atoms with E-state index in [0.717, 1.165) is 18.4 Å². The molecule has 2 atom stereocenters. The Labute approximate surface area is 189 Å². The van der Waals surface area contributed by atoms with Crippen LogP contribution in [-0.2, 0) is 19.4 Å². The summed E-state index contributed by atoms with van der Waals surface area (Å²) in [4.78, 5) is 19.4. The van der Waals surface area contributed by atoms with Crippen molar-refractivity contribution in [2.75, 3.05) is 23.8 Å². The molecule has 0 radical (unpaired) electrons. The van der Waals surface area contributed by atoms with Crippen LogP contribution in [0.5, 0.6) is 0 Å². The van der Waals surface area contributed by atoms with Crippen molar-refractivity contribution in [3.05, 3.63) is 45.1 Å². The molecule has 1 fully saturated rings. The van der Waals surface area contributed by atoms with Gasteiger partial charge in [0.05, 0.1) is 29.1 Å². The van der Waals surface area contributed by atoms with E-state index in [9.17, 15) is 13.2 Å². The van der Waals surface area contributed by atoms with Crippen LogP contribution < -0.4 is 4.90 Å². The number of rotatable bonds is 6. The molecule has 0 saturated carbocycles. The molecule has 2 aromatic rings. The van der Waals surface area contributed by atoms with E-state index in [0.29, 0.717) is 34.0 Å². The van der Waals surface area contributed by atoms with Crippen LogP contribution in [0.1, 0.15) is 19.3 Å². The average molecular weight is 487 g/mol. The number of carbonyl (C=O) groups is 1. The van der Waals surface area contributed by atoms with Gasteiger partial charge in [-0.25, -0.2) is 13.4 Å². The largest absolute Gasteiger partial charge is 0.376 e. The number of hydrogen-bond acceptors (Lipinski definition) is 6. The second kappa shape index (κ2) is 8.96. The summed E-state index contributed by atoms with van der Waals surface area (Å²) in [6.45, 7) is 1.07. The fourth-order valence-electron chi connectivity index (χ4n) is 3.59. The van der Waals surface area contributed by atoms with E-state index in [1.54, 1.807) is 29.2 Å². The third kappa shape index (κ3) is 5.06. The van der Waals surface area contributed by atoms with Gasteiger partial charge in [-0.15, -0.1) is 11.3 Å². The van der Waals surface area contributed by atoms with Crippen LogP contribution in [0, 0.1) is 5.92 Å². The first kappa shape index (κ1) is 21.8. The number of halogens is 2. The third-order valence-electron chi connectivity index (χ3n) is 5.08. The van der Waals surface area contributed by atoms with Gasteiger partial charge in [0, 0.05) is 40.3 Å². The molecular weight excluding hydrogens is 467 g/mol. The van der Waals surface area contributed by atoms with Crippen LogP contribution in [0.25, 0.3) is 11.3 Å². The zero-order valence-corrected chi connectivity index (χ0v) is 19.1. The molecule has 1 saturated heterocycles. The standard InChI is InChI=1S/C20H20Cl2N2O4S2/c21-14-3-4-16(17(22)9-14)18-11-29-20(23-18)24(10-15-2-1-6-28-15)19(25)8-13-5-7-30(26,27)12-13/h3-5,7,9,11,13,15H,1-2,6,8,10,12H2. The van der Waals surface area contributed by atoms with Gasteiger partial charge in [-0.2, -0.15) is 0 Å². The normalized spacial score (nSPS) is 22.5. The molecule has 0 bridgehead atoms. The molecule has 30 heavy (non-hydrogen) atoms. The first-order valence-corrected chi connectivity index (χ1v) is 12.9. The zero-order chi connectivity index (χ0) is 21.3. The van der Waals surface area contributed by atoms with E-state index in [2.05, 4.69) is 4.98 Å². The van der Waals surface area contributed by atoms with Crippen LogP contribution in [0.3, 0.4) is 0 Å². The van der Waals surface area contributed by atoms with Crippen molar-refractivity contribution in [1.82, 2.24) is 4.98 Å². The Hall–Kier alpha value is -1.45. The monoisotopic (exact) mass is 486 g/mol. The Morgan fingerprint density at radius 3 is 2.83 bits per heavy atom. The Kier molecular flexibility index (Phi) is 6.50. The Balaban J connectivity index is 1.57. The molecular formula is C20H20Cl2N2O4S2. The summed E-state index contributed by atoms with van der Waals surface area (Å²) >= 11 is 13.6. The van der Waals surface area contributed by atoms with Crippen molar-refractivity contribution >= 4 is 55.4 Å². The van der Waals surface area contributed by atoms with Crippen molar-refractivity contribution < 1.29 is 17.9 Å². The number of ether oxygens (including phenoxy) is 1. The minimum absolute atomic E-state index is 0.0317. The van der Waals surface area contributed by atoms with E-state index in [1.807, 2.05) is 5.38 Å². The van der Waals surface area contributed by atoms with E-state index >= 15 is 0 Å². The van der Waals surface area contributed by atoms with Gasteiger partial charge in [-0.05, 0) is 31.0 Å². The predicted molar refractivity (Wildman–Crippen MR) is 120 cm³/mol. The fraction of sp³-hybridized carbons (Fsp3) is 0.400. The molecule has 2 unspecified atom stereocenters. The van der Waals surface area contributed by atoms with Crippen LogP contribution in [-0.4, -0.2) is 44.3 Å². The summed E-state index contributed by atoms with van der Waals surface area (Å²) in [5.74, 6) is -0.518. The van der Waals surface area contributed by atoms with Gasteiger partial charge in [0.25, 0.3) is 0 Å². The van der Waals surface area contributed by atoms with Crippen molar-refractivity contribution in [1.29, 1.82) is 0 Å². The van der Waals surface area contributed by atoms with Crippen molar-refractivity contribution in [3.8, 4) is 11.3 Å². The summed E-state index contributed by atoms with van der Waals surface area (Å²) in [6, 6.07) is 5.19. The summed E-state index contributed by atoms with van der Waals surface area (Å²) in [5.41, 5.74) is 1.39. The molecule has 10 heteroatoms. The van der Waals surface area contributed by atoms with Crippen LogP contribution in [0.4, 0.5) is 5.13 Å². The van der Waals surface area contributed by atoms with Gasteiger partial charge in [-0.3, -0.25) is 9.69 Å². The van der Waals surface area contributed by atoms with Gasteiger partial charge in [0.15, 0.2) is 15.0 Å². The van der Waals surface area contributed by atoms with Crippen LogP contribution in [0.2, 0.25) is 10.0 Å². The maximum absolute atomic E-state index is 13.1. The summed E-state index contributed by atoms with van der Waals surface area (Å²) in [7, 11) is -3.21. The third-order valence-corrected chi connectivity index (χ3v) is 7.96. The SMILES string of the molecule is O=C(CC1C=CS(=O)(=O)C1)N(CC1CCCO1)c1nc(-c2ccc(Cl)cc2Cl)cs1. The molecule has 2 aliphatic rings. The minimum Gasteiger partial charge on any atom is -0.376 e. The van der Waals surface area contributed by atoms with E-state index in [1.165, 1.54) is 16.7 Å². The minimum atomic E-state index is -3.21. The summed E-state index contributed by atoms with van der Waals surface area (Å²) in [6.07, 6.45) is 3.49. The molecule has 1 amide bonds. The van der Waals surface area contributed by atoms with Gasteiger partial charge in [0.2, 0.25) is 5.91 Å². The number of thiazole rings is 1. The van der Waals surface area contributed by atoms with Crippen molar-refractivity contribution in [2.45, 2.75) is 25.4 Å².